The van der Waals surface area contributed by atoms with Crippen LogP contribution < -0.4 is 11.5 Å². The number of ether oxygens (including phenoxy) is 2. The SMILES string of the molecule is CCSCC[C@H](N)C(=O)OC[C@H]1O[C@@H](n2cnc3c(N)ncnc32)[C@H](O)[C@@H]1O. The van der Waals surface area contributed by atoms with Crippen molar-refractivity contribution in [3.05, 3.63) is 12.7 Å². The van der Waals surface area contributed by atoms with Gasteiger partial charge in [-0.2, -0.15) is 11.8 Å². The summed E-state index contributed by atoms with van der Waals surface area (Å²) >= 11 is 1.69. The van der Waals surface area contributed by atoms with Gasteiger partial charge in [-0.05, 0) is 17.9 Å². The third-order valence-corrected chi connectivity index (χ3v) is 5.40. The molecule has 12 heteroatoms. The zero-order valence-electron chi connectivity index (χ0n) is 15.3. The minimum atomic E-state index is -1.27. The van der Waals surface area contributed by atoms with Gasteiger partial charge in [0.25, 0.3) is 0 Å². The van der Waals surface area contributed by atoms with E-state index in [0.717, 1.165) is 11.5 Å². The summed E-state index contributed by atoms with van der Waals surface area (Å²) in [7, 11) is 0. The van der Waals surface area contributed by atoms with Crippen molar-refractivity contribution in [1.82, 2.24) is 19.5 Å². The summed E-state index contributed by atoms with van der Waals surface area (Å²) in [5.74, 6) is 1.33. The number of anilines is 1. The summed E-state index contributed by atoms with van der Waals surface area (Å²) in [6, 6.07) is -0.740. The quantitative estimate of drug-likeness (QED) is 0.311. The minimum Gasteiger partial charge on any atom is -0.462 e. The Balaban J connectivity index is 1.62. The Bertz CT molecular complexity index is 820. The van der Waals surface area contributed by atoms with Crippen LogP contribution in [0, 0.1) is 0 Å². The van der Waals surface area contributed by atoms with Gasteiger partial charge in [0.15, 0.2) is 17.7 Å². The number of imidazole rings is 1. The molecule has 0 aromatic carbocycles. The number of carbonyl (C=O) groups is 1. The normalized spacial score (nSPS) is 25.9. The van der Waals surface area contributed by atoms with Crippen LogP contribution in [0.1, 0.15) is 19.6 Å². The van der Waals surface area contributed by atoms with Gasteiger partial charge in [0.1, 0.15) is 42.8 Å². The number of thioether (sulfide) groups is 1. The Morgan fingerprint density at radius 3 is 2.93 bits per heavy atom. The van der Waals surface area contributed by atoms with E-state index in [-0.39, 0.29) is 12.4 Å². The Morgan fingerprint density at radius 1 is 1.39 bits per heavy atom. The average Bonchev–Trinajstić information content (AvgIpc) is 3.23. The highest BCUT2D eigenvalue weighted by molar-refractivity contribution is 7.99. The number of nitrogens with zero attached hydrogens (tertiary/aromatic N) is 4. The lowest BCUT2D eigenvalue weighted by atomic mass is 10.1. The van der Waals surface area contributed by atoms with Crippen LogP contribution in [0.5, 0.6) is 0 Å². The van der Waals surface area contributed by atoms with Gasteiger partial charge in [-0.15, -0.1) is 0 Å². The number of aliphatic hydroxyl groups is 2. The smallest absolute Gasteiger partial charge is 0.323 e. The lowest BCUT2D eigenvalue weighted by molar-refractivity contribution is -0.151. The second-order valence-electron chi connectivity index (χ2n) is 6.35. The molecule has 0 spiro atoms. The maximum absolute atomic E-state index is 12.0. The molecule has 2 aromatic heterocycles. The van der Waals surface area contributed by atoms with Gasteiger partial charge in [0.2, 0.25) is 0 Å². The van der Waals surface area contributed by atoms with Gasteiger partial charge in [0.05, 0.1) is 6.33 Å². The fourth-order valence-corrected chi connectivity index (χ4v) is 3.61. The molecule has 154 valence electrons. The molecule has 3 rings (SSSR count). The molecule has 1 fully saturated rings. The molecule has 0 bridgehead atoms. The van der Waals surface area contributed by atoms with E-state index in [9.17, 15) is 15.0 Å². The molecule has 0 radical (unpaired) electrons. The van der Waals surface area contributed by atoms with Gasteiger partial charge < -0.3 is 31.2 Å². The van der Waals surface area contributed by atoms with E-state index in [4.69, 9.17) is 20.9 Å². The third kappa shape index (κ3) is 4.20. The summed E-state index contributed by atoms with van der Waals surface area (Å²) in [4.78, 5) is 24.1. The van der Waals surface area contributed by atoms with Gasteiger partial charge in [0, 0.05) is 0 Å². The molecule has 1 aliphatic heterocycles. The second kappa shape index (κ2) is 9.01. The number of aliphatic hydroxyl groups excluding tert-OH is 2. The first-order chi connectivity index (χ1) is 13.4. The lowest BCUT2D eigenvalue weighted by Gasteiger charge is -2.17. The predicted molar refractivity (Wildman–Crippen MR) is 102 cm³/mol. The van der Waals surface area contributed by atoms with Crippen LogP contribution >= 0.6 is 11.8 Å². The summed E-state index contributed by atoms with van der Waals surface area (Å²) in [6.07, 6.45) is -1.26. The molecular weight excluding hydrogens is 388 g/mol. The van der Waals surface area contributed by atoms with Crippen molar-refractivity contribution in [2.45, 2.75) is 43.9 Å². The van der Waals surface area contributed by atoms with Gasteiger partial charge in [-0.1, -0.05) is 6.92 Å². The van der Waals surface area contributed by atoms with E-state index < -0.39 is 36.6 Å². The van der Waals surface area contributed by atoms with Crippen molar-refractivity contribution in [1.29, 1.82) is 0 Å². The molecule has 0 unspecified atom stereocenters. The highest BCUT2D eigenvalue weighted by Crippen LogP contribution is 2.32. The fourth-order valence-electron chi connectivity index (χ4n) is 2.90. The minimum absolute atomic E-state index is 0.192. The number of hydrogen-bond acceptors (Lipinski definition) is 11. The van der Waals surface area contributed by atoms with Crippen molar-refractivity contribution in [2.24, 2.45) is 5.73 Å². The molecule has 0 saturated carbocycles. The first-order valence-corrected chi connectivity index (χ1v) is 10.0. The lowest BCUT2D eigenvalue weighted by Crippen LogP contribution is -2.38. The van der Waals surface area contributed by atoms with E-state index in [0.29, 0.717) is 17.6 Å². The van der Waals surface area contributed by atoms with Crippen molar-refractivity contribution in [3.63, 3.8) is 0 Å². The number of fused-ring (bicyclic) bond motifs is 1. The van der Waals surface area contributed by atoms with Gasteiger partial charge >= 0.3 is 5.97 Å². The molecule has 2 aromatic rings. The largest absolute Gasteiger partial charge is 0.462 e. The first-order valence-electron chi connectivity index (χ1n) is 8.88. The molecule has 3 heterocycles. The monoisotopic (exact) mass is 412 g/mol. The summed E-state index contributed by atoms with van der Waals surface area (Å²) in [6.45, 7) is 1.80. The molecular formula is C16H24N6O5S. The number of carbonyl (C=O) groups excluding carboxylic acids is 1. The fraction of sp³-hybridized carbons (Fsp3) is 0.625. The molecule has 11 nitrogen and oxygen atoms in total. The Labute approximate surface area is 165 Å². The highest BCUT2D eigenvalue weighted by atomic mass is 32.2. The van der Waals surface area contributed by atoms with Crippen LogP contribution in [0.15, 0.2) is 12.7 Å². The third-order valence-electron chi connectivity index (χ3n) is 4.47. The van der Waals surface area contributed by atoms with E-state index in [1.807, 2.05) is 6.92 Å². The standard InChI is InChI=1S/C16H24N6O5S/c1-2-28-4-3-8(17)16(25)26-5-9-11(23)12(24)15(27-9)22-7-21-10-13(18)19-6-20-14(10)22/h6-9,11-12,15,23-24H,2-5,17H2,1H3,(H2,18,19,20)/t8-,9+,11+,12+,15+/m0/s1. The number of esters is 1. The van der Waals surface area contributed by atoms with Crippen molar-refractivity contribution >= 4 is 34.7 Å². The molecule has 0 amide bonds. The second-order valence-corrected chi connectivity index (χ2v) is 7.75. The number of hydrogen-bond donors (Lipinski definition) is 4. The van der Waals surface area contributed by atoms with Gasteiger partial charge in [-0.3, -0.25) is 9.36 Å². The molecule has 1 saturated heterocycles. The van der Waals surface area contributed by atoms with E-state index in [1.54, 1.807) is 11.8 Å². The van der Waals surface area contributed by atoms with Crippen LogP contribution in [0.2, 0.25) is 0 Å². The van der Waals surface area contributed by atoms with Gasteiger partial charge in [-0.25, -0.2) is 15.0 Å². The van der Waals surface area contributed by atoms with Crippen LogP contribution in [0.3, 0.4) is 0 Å². The number of aromatic nitrogens is 4. The summed E-state index contributed by atoms with van der Waals surface area (Å²) < 4.78 is 12.3. The van der Waals surface area contributed by atoms with Crippen LogP contribution in [-0.4, -0.2) is 78.2 Å². The Morgan fingerprint density at radius 2 is 2.18 bits per heavy atom. The number of nitrogen functional groups attached to an aromatic ring is 1. The van der Waals surface area contributed by atoms with Crippen LogP contribution in [0.25, 0.3) is 11.2 Å². The molecule has 1 aliphatic rings. The summed E-state index contributed by atoms with van der Waals surface area (Å²) in [5.41, 5.74) is 12.3. The van der Waals surface area contributed by atoms with Crippen LogP contribution in [-0.2, 0) is 14.3 Å². The van der Waals surface area contributed by atoms with E-state index in [2.05, 4.69) is 15.0 Å². The van der Waals surface area contributed by atoms with Crippen LogP contribution in [0.4, 0.5) is 5.82 Å². The number of rotatable bonds is 8. The average molecular weight is 412 g/mol. The predicted octanol–water partition coefficient (Wildman–Crippen LogP) is -0.959. The Hall–Kier alpha value is -1.99. The summed E-state index contributed by atoms with van der Waals surface area (Å²) in [5, 5.41) is 20.7. The molecule has 0 aliphatic carbocycles. The first kappa shape index (κ1) is 20.7. The number of nitrogens with two attached hydrogens (primary N) is 2. The zero-order valence-corrected chi connectivity index (χ0v) is 16.2. The van der Waals surface area contributed by atoms with Crippen molar-refractivity contribution < 1.29 is 24.5 Å². The Kier molecular flexibility index (Phi) is 6.67. The maximum Gasteiger partial charge on any atom is 0.323 e. The highest BCUT2D eigenvalue weighted by Gasteiger charge is 2.45. The molecule has 5 atom stereocenters. The zero-order chi connectivity index (χ0) is 20.3. The maximum atomic E-state index is 12.0. The van der Waals surface area contributed by atoms with Crippen molar-refractivity contribution in [2.75, 3.05) is 23.8 Å². The van der Waals surface area contributed by atoms with Crippen molar-refractivity contribution in [3.8, 4) is 0 Å². The van der Waals surface area contributed by atoms with E-state index in [1.165, 1.54) is 17.2 Å². The molecule has 6 N–H and O–H groups in total. The topological polar surface area (TPSA) is 172 Å². The molecule has 28 heavy (non-hydrogen) atoms. The van der Waals surface area contributed by atoms with E-state index >= 15 is 0 Å².